The second-order valence-electron chi connectivity index (χ2n) is 12.9. The molecule has 6 nitrogen and oxygen atoms in total. The van der Waals surface area contributed by atoms with Crippen LogP contribution in [-0.4, -0.2) is 28.1 Å². The molecule has 1 aliphatic heterocycles. The van der Waals surface area contributed by atoms with Crippen molar-refractivity contribution >= 4 is 40.1 Å². The maximum Gasteiger partial charge on any atom is 0.336 e. The number of carbonyl (C=O) groups excluding carboxylic acids is 1. The third kappa shape index (κ3) is 5.91. The number of carboxylic acid groups (broad SMARTS) is 1. The predicted molar refractivity (Wildman–Crippen MR) is 189 cm³/mol. The minimum Gasteiger partial charge on any atom is -0.489 e. The highest BCUT2D eigenvalue weighted by Gasteiger charge is 2.28. The Kier molecular flexibility index (Phi) is 8.54. The van der Waals surface area contributed by atoms with Gasteiger partial charge in [0.2, 0.25) is 5.91 Å². The van der Waals surface area contributed by atoms with Gasteiger partial charge in [-0.25, -0.2) is 4.79 Å². The summed E-state index contributed by atoms with van der Waals surface area (Å²) in [5.41, 5.74) is 9.67. The molecule has 7 rings (SSSR count). The van der Waals surface area contributed by atoms with E-state index >= 15 is 0 Å². The molecule has 2 fully saturated rings. The van der Waals surface area contributed by atoms with Crippen LogP contribution in [0.1, 0.15) is 77.9 Å². The van der Waals surface area contributed by atoms with Crippen molar-refractivity contribution in [1.82, 2.24) is 4.57 Å². The van der Waals surface area contributed by atoms with Crippen LogP contribution in [-0.2, 0) is 18.4 Å². The Labute approximate surface area is 280 Å². The van der Waals surface area contributed by atoms with Gasteiger partial charge in [0, 0.05) is 36.1 Å². The number of aromatic nitrogens is 1. The number of hydrogen-bond acceptors (Lipinski definition) is 3. The molecule has 2 aliphatic rings. The van der Waals surface area contributed by atoms with Crippen molar-refractivity contribution < 1.29 is 19.4 Å². The fourth-order valence-corrected chi connectivity index (χ4v) is 7.85. The first-order valence-corrected chi connectivity index (χ1v) is 17.0. The number of rotatable bonds is 8. The summed E-state index contributed by atoms with van der Waals surface area (Å²) in [6.45, 7) is 2.99. The number of hydrogen-bond donors (Lipinski definition) is 1. The third-order valence-corrected chi connectivity index (χ3v) is 10.3. The molecule has 240 valence electrons. The number of nitrogens with zero attached hydrogens (tertiary/aromatic N) is 2. The van der Waals surface area contributed by atoms with Crippen molar-refractivity contribution in [2.24, 2.45) is 7.05 Å². The summed E-state index contributed by atoms with van der Waals surface area (Å²) in [6, 6.07) is 26.0. The number of fused-ring (bicyclic) bond motifs is 1. The first kappa shape index (κ1) is 31.1. The lowest BCUT2D eigenvalue weighted by molar-refractivity contribution is -0.117. The van der Waals surface area contributed by atoms with Crippen LogP contribution in [0.25, 0.3) is 33.3 Å². The number of benzene rings is 4. The minimum atomic E-state index is -0.898. The van der Waals surface area contributed by atoms with Gasteiger partial charge in [-0.2, -0.15) is 0 Å². The molecule has 0 atom stereocenters. The molecule has 1 saturated heterocycles. The standard InChI is InChI=1S/C40H39ClN2O4/c1-25-33(40(45)46)20-21-35-37(27-7-4-3-5-8-27)39(42(2)38(25)35)28-12-17-32(18-13-28)47-24-29-23-31(43-22-6-9-36(43)44)16-19-34(29)26-10-14-30(41)15-11-26/h10-21,23,27H,3-9,22,24H2,1-2H3,(H,45,46). The van der Waals surface area contributed by atoms with Crippen LogP contribution in [0.5, 0.6) is 5.75 Å². The van der Waals surface area contributed by atoms with Gasteiger partial charge in [-0.3, -0.25) is 4.79 Å². The van der Waals surface area contributed by atoms with Gasteiger partial charge in [0.25, 0.3) is 0 Å². The highest BCUT2D eigenvalue weighted by atomic mass is 35.5. The second-order valence-corrected chi connectivity index (χ2v) is 13.3. The fourth-order valence-electron chi connectivity index (χ4n) is 7.72. The number of ether oxygens (including phenoxy) is 1. The summed E-state index contributed by atoms with van der Waals surface area (Å²) in [4.78, 5) is 26.4. The molecule has 0 bridgehead atoms. The zero-order valence-electron chi connectivity index (χ0n) is 26.9. The lowest BCUT2D eigenvalue weighted by Crippen LogP contribution is -2.23. The molecule has 1 N–H and O–H groups in total. The van der Waals surface area contributed by atoms with Crippen LogP contribution >= 0.6 is 11.6 Å². The van der Waals surface area contributed by atoms with Gasteiger partial charge in [0.05, 0.1) is 16.8 Å². The van der Waals surface area contributed by atoms with Gasteiger partial charge in [0.1, 0.15) is 12.4 Å². The SMILES string of the molecule is Cc1c(C(=O)O)ccc2c(C3CCCCC3)c(-c3ccc(OCc4cc(N5CCCC5=O)ccc4-c4ccc(Cl)cc4)cc3)n(C)c12. The van der Waals surface area contributed by atoms with Crippen LogP contribution in [0, 0.1) is 6.92 Å². The van der Waals surface area contributed by atoms with Gasteiger partial charge < -0.3 is 19.3 Å². The molecule has 1 amide bonds. The van der Waals surface area contributed by atoms with E-state index < -0.39 is 5.97 Å². The van der Waals surface area contributed by atoms with E-state index in [-0.39, 0.29) is 5.91 Å². The smallest absolute Gasteiger partial charge is 0.336 e. The van der Waals surface area contributed by atoms with Crippen molar-refractivity contribution in [2.75, 3.05) is 11.4 Å². The fraction of sp³-hybridized carbons (Fsp3) is 0.300. The molecule has 4 aromatic carbocycles. The highest BCUT2D eigenvalue weighted by molar-refractivity contribution is 6.30. The summed E-state index contributed by atoms with van der Waals surface area (Å²) in [7, 11) is 2.06. The molecule has 1 aliphatic carbocycles. The van der Waals surface area contributed by atoms with Crippen LogP contribution in [0.15, 0.2) is 78.9 Å². The quantitative estimate of drug-likeness (QED) is 0.182. The first-order valence-electron chi connectivity index (χ1n) is 16.6. The molecule has 1 aromatic heterocycles. The highest BCUT2D eigenvalue weighted by Crippen LogP contribution is 2.45. The zero-order valence-corrected chi connectivity index (χ0v) is 27.6. The first-order chi connectivity index (χ1) is 22.8. The van der Waals surface area contributed by atoms with Gasteiger partial charge in [-0.1, -0.05) is 55.1 Å². The number of aromatic carboxylic acids is 1. The molecular weight excluding hydrogens is 608 g/mol. The van der Waals surface area contributed by atoms with Crippen LogP contribution in [0.2, 0.25) is 5.02 Å². The van der Waals surface area contributed by atoms with E-state index in [0.717, 1.165) is 81.7 Å². The number of carboxylic acids is 1. The molecule has 5 aromatic rings. The Balaban J connectivity index is 1.22. The van der Waals surface area contributed by atoms with E-state index in [1.807, 2.05) is 60.4 Å². The molecule has 0 radical (unpaired) electrons. The predicted octanol–water partition coefficient (Wildman–Crippen LogP) is 9.93. The number of anilines is 1. The third-order valence-electron chi connectivity index (χ3n) is 10.0. The Morgan fingerprint density at radius 2 is 1.64 bits per heavy atom. The monoisotopic (exact) mass is 646 g/mol. The molecule has 0 spiro atoms. The summed E-state index contributed by atoms with van der Waals surface area (Å²) >= 11 is 6.18. The number of carbonyl (C=O) groups is 2. The largest absolute Gasteiger partial charge is 0.489 e. The minimum absolute atomic E-state index is 0.155. The summed E-state index contributed by atoms with van der Waals surface area (Å²) in [5, 5.41) is 11.7. The molecule has 47 heavy (non-hydrogen) atoms. The molecule has 2 heterocycles. The number of aryl methyl sites for hydroxylation is 2. The van der Waals surface area contributed by atoms with Crippen molar-refractivity contribution in [3.63, 3.8) is 0 Å². The van der Waals surface area contributed by atoms with Crippen LogP contribution in [0.3, 0.4) is 0 Å². The van der Waals surface area contributed by atoms with Crippen molar-refractivity contribution in [2.45, 2.75) is 64.4 Å². The van der Waals surface area contributed by atoms with E-state index in [4.69, 9.17) is 16.3 Å². The van der Waals surface area contributed by atoms with E-state index in [0.29, 0.717) is 29.5 Å². The summed E-state index contributed by atoms with van der Waals surface area (Å²) in [6.07, 6.45) is 7.43. The lowest BCUT2D eigenvalue weighted by atomic mass is 9.81. The van der Waals surface area contributed by atoms with Gasteiger partial charge >= 0.3 is 5.97 Å². The Hall–Kier alpha value is -4.55. The van der Waals surface area contributed by atoms with Crippen molar-refractivity contribution in [1.29, 1.82) is 0 Å². The van der Waals surface area contributed by atoms with E-state index in [1.165, 1.54) is 24.8 Å². The molecular formula is C40H39ClN2O4. The summed E-state index contributed by atoms with van der Waals surface area (Å²) in [5.74, 6) is 0.446. The van der Waals surface area contributed by atoms with E-state index in [9.17, 15) is 14.7 Å². The van der Waals surface area contributed by atoms with E-state index in [2.05, 4.69) is 35.9 Å². The van der Waals surface area contributed by atoms with Gasteiger partial charge in [0.15, 0.2) is 0 Å². The second kappa shape index (κ2) is 12.9. The van der Waals surface area contributed by atoms with Crippen LogP contribution < -0.4 is 9.64 Å². The molecule has 7 heteroatoms. The maximum absolute atomic E-state index is 12.5. The van der Waals surface area contributed by atoms with Crippen molar-refractivity contribution in [3.8, 4) is 28.1 Å². The zero-order chi connectivity index (χ0) is 32.7. The molecule has 0 unspecified atom stereocenters. The van der Waals surface area contributed by atoms with E-state index in [1.54, 1.807) is 6.07 Å². The topological polar surface area (TPSA) is 71.8 Å². The van der Waals surface area contributed by atoms with Gasteiger partial charge in [-0.05, 0) is 120 Å². The van der Waals surface area contributed by atoms with Crippen molar-refractivity contribution in [3.05, 3.63) is 106 Å². The average molecular weight is 647 g/mol. The molecule has 1 saturated carbocycles. The van der Waals surface area contributed by atoms with Gasteiger partial charge in [-0.15, -0.1) is 0 Å². The maximum atomic E-state index is 12.5. The Morgan fingerprint density at radius 1 is 0.915 bits per heavy atom. The number of amides is 1. The average Bonchev–Trinajstić information content (AvgIpc) is 3.65. The van der Waals surface area contributed by atoms with Crippen LogP contribution in [0.4, 0.5) is 5.69 Å². The normalized spacial score (nSPS) is 15.5. The Morgan fingerprint density at radius 3 is 2.32 bits per heavy atom. The lowest BCUT2D eigenvalue weighted by Gasteiger charge is -2.23. The number of halogens is 1. The Bertz CT molecular complexity index is 1970. The summed E-state index contributed by atoms with van der Waals surface area (Å²) < 4.78 is 8.60.